The predicted octanol–water partition coefficient (Wildman–Crippen LogP) is 5.75. The van der Waals surface area contributed by atoms with E-state index in [9.17, 15) is 0 Å². The summed E-state index contributed by atoms with van der Waals surface area (Å²) in [6.07, 6.45) is 1.65. The number of halogens is 1. The molecule has 0 aliphatic carbocycles. The SMILES string of the molecule is CC(C)(C)Cn1nnc2c(Br)c(OCc3cccc(-c4ccnc(C#N)c4)c3)ccc21. The number of rotatable bonds is 5. The van der Waals surface area contributed by atoms with Crippen molar-refractivity contribution in [2.24, 2.45) is 5.41 Å². The fourth-order valence-electron chi connectivity index (χ4n) is 3.34. The normalized spacial score (nSPS) is 11.5. The summed E-state index contributed by atoms with van der Waals surface area (Å²) in [5.74, 6) is 0.719. The maximum atomic E-state index is 9.08. The quantitative estimate of drug-likeness (QED) is 0.367. The Hall–Kier alpha value is -3.24. The van der Waals surface area contributed by atoms with Crippen LogP contribution in [0.5, 0.6) is 5.75 Å². The first kappa shape index (κ1) is 21.0. The molecule has 0 unspecified atom stereocenters. The van der Waals surface area contributed by atoms with Crippen LogP contribution in [0.15, 0.2) is 59.2 Å². The molecule has 4 aromatic rings. The number of fused-ring (bicyclic) bond motifs is 1. The molecule has 2 aromatic heterocycles. The molecular weight excluding hydrogens is 454 g/mol. The van der Waals surface area contributed by atoms with Gasteiger partial charge in [-0.3, -0.25) is 0 Å². The molecule has 7 heteroatoms. The summed E-state index contributed by atoms with van der Waals surface area (Å²) in [5.41, 5.74) is 5.26. The number of nitrogens with zero attached hydrogens (tertiary/aromatic N) is 5. The first-order chi connectivity index (χ1) is 14.8. The van der Waals surface area contributed by atoms with Crippen molar-refractivity contribution < 1.29 is 4.74 Å². The summed E-state index contributed by atoms with van der Waals surface area (Å²) in [6.45, 7) is 7.71. The van der Waals surface area contributed by atoms with Gasteiger partial charge in [0, 0.05) is 12.7 Å². The highest BCUT2D eigenvalue weighted by Crippen LogP contribution is 2.33. The van der Waals surface area contributed by atoms with Gasteiger partial charge in [-0.15, -0.1) is 5.10 Å². The molecule has 0 saturated heterocycles. The second-order valence-corrected chi connectivity index (χ2v) is 9.38. The molecule has 156 valence electrons. The van der Waals surface area contributed by atoms with Crippen molar-refractivity contribution in [3.63, 3.8) is 0 Å². The Morgan fingerprint density at radius 3 is 2.68 bits per heavy atom. The Balaban J connectivity index is 1.54. The van der Waals surface area contributed by atoms with Crippen molar-refractivity contribution in [2.45, 2.75) is 33.9 Å². The second kappa shape index (κ2) is 8.48. The third-order valence-corrected chi connectivity index (χ3v) is 5.51. The molecule has 2 heterocycles. The fraction of sp³-hybridized carbons (Fsp3) is 0.250. The number of ether oxygens (including phenoxy) is 1. The van der Waals surface area contributed by atoms with Crippen LogP contribution in [0.3, 0.4) is 0 Å². The van der Waals surface area contributed by atoms with Gasteiger partial charge >= 0.3 is 0 Å². The van der Waals surface area contributed by atoms with E-state index in [2.05, 4.69) is 64.1 Å². The zero-order chi connectivity index (χ0) is 22.0. The molecule has 0 spiro atoms. The Bertz CT molecular complexity index is 1280. The van der Waals surface area contributed by atoms with Gasteiger partial charge in [-0.05, 0) is 68.4 Å². The van der Waals surface area contributed by atoms with E-state index in [-0.39, 0.29) is 5.41 Å². The third kappa shape index (κ3) is 4.75. The predicted molar refractivity (Wildman–Crippen MR) is 123 cm³/mol. The maximum Gasteiger partial charge on any atom is 0.141 e. The zero-order valence-corrected chi connectivity index (χ0v) is 19.2. The summed E-state index contributed by atoms with van der Waals surface area (Å²) in [4.78, 5) is 4.03. The molecule has 0 bridgehead atoms. The van der Waals surface area contributed by atoms with Gasteiger partial charge in [-0.2, -0.15) is 5.26 Å². The Kier molecular flexibility index (Phi) is 5.75. The van der Waals surface area contributed by atoms with E-state index in [0.717, 1.165) is 44.5 Å². The smallest absolute Gasteiger partial charge is 0.141 e. The van der Waals surface area contributed by atoms with Crippen LogP contribution in [0.1, 0.15) is 32.0 Å². The molecule has 0 aliphatic heterocycles. The lowest BCUT2D eigenvalue weighted by Crippen LogP contribution is -2.16. The van der Waals surface area contributed by atoms with E-state index in [1.165, 1.54) is 0 Å². The molecule has 6 nitrogen and oxygen atoms in total. The minimum Gasteiger partial charge on any atom is -0.488 e. The Labute approximate surface area is 189 Å². The number of aromatic nitrogens is 4. The lowest BCUT2D eigenvalue weighted by atomic mass is 9.97. The van der Waals surface area contributed by atoms with Gasteiger partial charge in [-0.25, -0.2) is 9.67 Å². The van der Waals surface area contributed by atoms with Gasteiger partial charge in [0.2, 0.25) is 0 Å². The first-order valence-electron chi connectivity index (χ1n) is 9.94. The summed E-state index contributed by atoms with van der Waals surface area (Å²) in [6, 6.07) is 17.8. The molecule has 0 N–H and O–H groups in total. The number of nitriles is 1. The second-order valence-electron chi connectivity index (χ2n) is 8.58. The van der Waals surface area contributed by atoms with E-state index >= 15 is 0 Å². The van der Waals surface area contributed by atoms with Crippen LogP contribution in [0.4, 0.5) is 0 Å². The molecular formula is C24H22BrN5O. The Morgan fingerprint density at radius 1 is 1.10 bits per heavy atom. The van der Waals surface area contributed by atoms with Crippen LogP contribution in [0.2, 0.25) is 0 Å². The highest BCUT2D eigenvalue weighted by Gasteiger charge is 2.17. The van der Waals surface area contributed by atoms with Crippen molar-refractivity contribution in [2.75, 3.05) is 0 Å². The number of hydrogen-bond acceptors (Lipinski definition) is 5. The molecule has 0 atom stereocenters. The standard InChI is InChI=1S/C24H22BrN5O/c1-24(2,3)15-30-20-7-8-21(22(25)23(20)28-29-30)31-14-16-5-4-6-17(11-16)18-9-10-27-19(12-18)13-26/h4-12H,14-15H2,1-3H3. The van der Waals surface area contributed by atoms with Gasteiger partial charge in [-0.1, -0.05) is 44.2 Å². The van der Waals surface area contributed by atoms with Crippen LogP contribution >= 0.6 is 15.9 Å². The van der Waals surface area contributed by atoms with Crippen LogP contribution < -0.4 is 4.74 Å². The zero-order valence-electron chi connectivity index (χ0n) is 17.6. The number of pyridine rings is 1. The topological polar surface area (TPSA) is 76.6 Å². The molecule has 2 aromatic carbocycles. The molecule has 0 saturated carbocycles. The van der Waals surface area contributed by atoms with Gasteiger partial charge in [0.25, 0.3) is 0 Å². The maximum absolute atomic E-state index is 9.08. The first-order valence-corrected chi connectivity index (χ1v) is 10.7. The van der Waals surface area contributed by atoms with Crippen LogP contribution in [-0.4, -0.2) is 20.0 Å². The van der Waals surface area contributed by atoms with E-state index in [1.54, 1.807) is 12.3 Å². The number of hydrogen-bond donors (Lipinski definition) is 0. The van der Waals surface area contributed by atoms with E-state index in [0.29, 0.717) is 12.3 Å². The van der Waals surface area contributed by atoms with Gasteiger partial charge in [0.1, 0.15) is 29.6 Å². The van der Waals surface area contributed by atoms with E-state index in [1.807, 2.05) is 41.1 Å². The van der Waals surface area contributed by atoms with Crippen molar-refractivity contribution in [3.05, 3.63) is 70.5 Å². The van der Waals surface area contributed by atoms with Crippen molar-refractivity contribution >= 4 is 27.0 Å². The molecule has 0 amide bonds. The fourth-order valence-corrected chi connectivity index (χ4v) is 3.87. The van der Waals surface area contributed by atoms with E-state index < -0.39 is 0 Å². The third-order valence-electron chi connectivity index (χ3n) is 4.74. The van der Waals surface area contributed by atoms with Crippen molar-refractivity contribution in [1.82, 2.24) is 20.0 Å². The van der Waals surface area contributed by atoms with E-state index in [4.69, 9.17) is 10.00 Å². The molecule has 31 heavy (non-hydrogen) atoms. The van der Waals surface area contributed by atoms with Crippen LogP contribution in [0, 0.1) is 16.7 Å². The summed E-state index contributed by atoms with van der Waals surface area (Å²) in [7, 11) is 0. The number of benzene rings is 2. The average molecular weight is 476 g/mol. The Morgan fingerprint density at radius 2 is 1.90 bits per heavy atom. The molecule has 0 fully saturated rings. The highest BCUT2D eigenvalue weighted by molar-refractivity contribution is 9.10. The minimum absolute atomic E-state index is 0.107. The summed E-state index contributed by atoms with van der Waals surface area (Å²) >= 11 is 3.64. The molecule has 0 aliphatic rings. The van der Waals surface area contributed by atoms with Crippen LogP contribution in [0.25, 0.3) is 22.2 Å². The van der Waals surface area contributed by atoms with Crippen molar-refractivity contribution in [1.29, 1.82) is 5.26 Å². The molecule has 4 rings (SSSR count). The van der Waals surface area contributed by atoms with Crippen LogP contribution in [-0.2, 0) is 13.2 Å². The largest absolute Gasteiger partial charge is 0.488 e. The van der Waals surface area contributed by atoms with Gasteiger partial charge in [0.05, 0.1) is 9.99 Å². The monoisotopic (exact) mass is 475 g/mol. The summed E-state index contributed by atoms with van der Waals surface area (Å²) in [5, 5.41) is 17.7. The minimum atomic E-state index is 0.107. The van der Waals surface area contributed by atoms with Crippen molar-refractivity contribution in [3.8, 4) is 22.9 Å². The average Bonchev–Trinajstić information content (AvgIpc) is 3.15. The lowest BCUT2D eigenvalue weighted by molar-refractivity contribution is 0.304. The van der Waals surface area contributed by atoms with Gasteiger partial charge in [0.15, 0.2) is 0 Å². The summed E-state index contributed by atoms with van der Waals surface area (Å²) < 4.78 is 8.82. The van der Waals surface area contributed by atoms with Gasteiger partial charge < -0.3 is 4.74 Å². The lowest BCUT2D eigenvalue weighted by Gasteiger charge is -2.18. The highest BCUT2D eigenvalue weighted by atomic mass is 79.9. The molecule has 0 radical (unpaired) electrons.